The van der Waals surface area contributed by atoms with Gasteiger partial charge in [0.15, 0.2) is 0 Å². The fraction of sp³-hybridized carbons (Fsp3) is 0.611. The third-order valence-corrected chi connectivity index (χ3v) is 5.12. The highest BCUT2D eigenvalue weighted by Crippen LogP contribution is 2.31. The van der Waals surface area contributed by atoms with Crippen molar-refractivity contribution in [2.75, 3.05) is 32.8 Å². The Balaban J connectivity index is 1.55. The summed E-state index contributed by atoms with van der Waals surface area (Å²) >= 11 is 6.05. The van der Waals surface area contributed by atoms with Crippen LogP contribution in [0, 0.1) is 11.8 Å². The first-order chi connectivity index (χ1) is 11.2. The number of carbonyl (C=O) groups is 1. The molecule has 3 rings (SSSR count). The lowest BCUT2D eigenvalue weighted by Gasteiger charge is -2.35. The second kappa shape index (κ2) is 7.54. The van der Waals surface area contributed by atoms with Crippen molar-refractivity contribution >= 4 is 17.5 Å². The number of fused-ring (bicyclic) bond motifs is 1. The van der Waals surface area contributed by atoms with Crippen LogP contribution >= 0.6 is 11.6 Å². The van der Waals surface area contributed by atoms with Gasteiger partial charge in [-0.15, -0.1) is 0 Å². The molecule has 5 heteroatoms. The molecule has 0 saturated carbocycles. The monoisotopic (exact) mass is 336 g/mol. The van der Waals surface area contributed by atoms with Crippen LogP contribution < -0.4 is 10.1 Å². The molecule has 1 amide bonds. The number of benzene rings is 1. The van der Waals surface area contributed by atoms with E-state index in [1.54, 1.807) is 0 Å². The van der Waals surface area contributed by atoms with Crippen molar-refractivity contribution in [3.05, 3.63) is 28.8 Å². The number of nitrogens with one attached hydrogen (secondary N) is 1. The smallest absolute Gasteiger partial charge is 0.229 e. The van der Waals surface area contributed by atoms with E-state index in [-0.39, 0.29) is 11.8 Å². The number of rotatable bonds is 4. The van der Waals surface area contributed by atoms with Crippen molar-refractivity contribution in [2.45, 2.75) is 26.2 Å². The van der Waals surface area contributed by atoms with Gasteiger partial charge in [0.25, 0.3) is 0 Å². The molecule has 0 radical (unpaired) electrons. The highest BCUT2D eigenvalue weighted by atomic mass is 35.5. The number of hydrogen-bond donors (Lipinski definition) is 1. The van der Waals surface area contributed by atoms with Gasteiger partial charge >= 0.3 is 0 Å². The van der Waals surface area contributed by atoms with E-state index in [1.165, 1.54) is 0 Å². The molecule has 23 heavy (non-hydrogen) atoms. The van der Waals surface area contributed by atoms with Crippen LogP contribution in [0.15, 0.2) is 18.2 Å². The zero-order chi connectivity index (χ0) is 16.2. The van der Waals surface area contributed by atoms with Gasteiger partial charge in [0, 0.05) is 18.1 Å². The van der Waals surface area contributed by atoms with Gasteiger partial charge in [-0.25, -0.2) is 0 Å². The van der Waals surface area contributed by atoms with E-state index in [1.807, 2.05) is 23.1 Å². The zero-order valence-electron chi connectivity index (χ0n) is 13.7. The highest BCUT2D eigenvalue weighted by molar-refractivity contribution is 6.30. The summed E-state index contributed by atoms with van der Waals surface area (Å²) in [6.45, 7) is 6.43. The molecule has 1 unspecified atom stereocenters. The minimum absolute atomic E-state index is 0.0775. The number of amides is 1. The molecule has 1 fully saturated rings. The van der Waals surface area contributed by atoms with Gasteiger partial charge < -0.3 is 15.0 Å². The summed E-state index contributed by atoms with van der Waals surface area (Å²) in [4.78, 5) is 14.8. The van der Waals surface area contributed by atoms with Gasteiger partial charge in [0.2, 0.25) is 5.91 Å². The van der Waals surface area contributed by atoms with Crippen molar-refractivity contribution in [1.82, 2.24) is 10.2 Å². The Morgan fingerprint density at radius 2 is 2.17 bits per heavy atom. The Morgan fingerprint density at radius 1 is 1.39 bits per heavy atom. The standard InChI is InChI=1S/C18H25ClN2O2/c1-2-20-11-13-5-7-21(8-6-13)18(22)15-9-14-10-16(19)3-4-17(14)23-12-15/h3-4,10,13,15,20H,2,5-9,11-12H2,1H3. The van der Waals surface area contributed by atoms with Crippen molar-refractivity contribution in [3.63, 3.8) is 0 Å². The van der Waals surface area contributed by atoms with Crippen molar-refractivity contribution in [1.29, 1.82) is 0 Å². The van der Waals surface area contributed by atoms with E-state index in [4.69, 9.17) is 16.3 Å². The number of carbonyl (C=O) groups excluding carboxylic acids is 1. The van der Waals surface area contributed by atoms with Crippen molar-refractivity contribution < 1.29 is 9.53 Å². The van der Waals surface area contributed by atoms with E-state index >= 15 is 0 Å². The number of halogens is 1. The van der Waals surface area contributed by atoms with Gasteiger partial charge in [0.1, 0.15) is 12.4 Å². The maximum absolute atomic E-state index is 12.8. The summed E-state index contributed by atoms with van der Waals surface area (Å²) in [5.74, 6) is 1.72. The lowest BCUT2D eigenvalue weighted by atomic mass is 9.92. The molecule has 1 aromatic carbocycles. The lowest BCUT2D eigenvalue weighted by Crippen LogP contribution is -2.45. The first-order valence-electron chi connectivity index (χ1n) is 8.58. The summed E-state index contributed by atoms with van der Waals surface area (Å²) in [6.07, 6.45) is 2.91. The Kier molecular flexibility index (Phi) is 5.44. The van der Waals surface area contributed by atoms with Gasteiger partial charge in [-0.1, -0.05) is 18.5 Å². The summed E-state index contributed by atoms with van der Waals surface area (Å²) in [7, 11) is 0. The molecule has 0 aromatic heterocycles. The van der Waals surface area contributed by atoms with Crippen LogP contribution in [0.3, 0.4) is 0 Å². The van der Waals surface area contributed by atoms with Gasteiger partial charge in [0.05, 0.1) is 5.92 Å². The fourth-order valence-electron chi connectivity index (χ4n) is 3.49. The number of nitrogens with zero attached hydrogens (tertiary/aromatic N) is 1. The van der Waals surface area contributed by atoms with Crippen LogP contribution in [0.1, 0.15) is 25.3 Å². The molecular formula is C18H25ClN2O2. The first kappa shape index (κ1) is 16.6. The summed E-state index contributed by atoms with van der Waals surface area (Å²) in [5, 5.41) is 4.10. The minimum Gasteiger partial charge on any atom is -0.492 e. The van der Waals surface area contributed by atoms with Crippen LogP contribution in [0.2, 0.25) is 5.02 Å². The second-order valence-corrected chi connectivity index (χ2v) is 6.98. The Bertz CT molecular complexity index is 556. The van der Waals surface area contributed by atoms with Gasteiger partial charge in [-0.3, -0.25) is 4.79 Å². The van der Waals surface area contributed by atoms with E-state index in [0.717, 1.165) is 56.8 Å². The molecule has 2 aliphatic heterocycles. The van der Waals surface area contributed by atoms with Crippen molar-refractivity contribution in [3.8, 4) is 5.75 Å². The maximum Gasteiger partial charge on any atom is 0.229 e. The predicted molar refractivity (Wildman–Crippen MR) is 92.0 cm³/mol. The Hall–Kier alpha value is -1.26. The summed E-state index contributed by atoms with van der Waals surface area (Å²) in [6, 6.07) is 5.64. The zero-order valence-corrected chi connectivity index (χ0v) is 14.4. The third kappa shape index (κ3) is 3.99. The third-order valence-electron chi connectivity index (χ3n) is 4.89. The number of ether oxygens (including phenoxy) is 1. The van der Waals surface area contributed by atoms with Crippen LogP contribution in [-0.2, 0) is 11.2 Å². The van der Waals surface area contributed by atoms with Gasteiger partial charge in [-0.05, 0) is 62.0 Å². The molecule has 0 spiro atoms. The van der Waals surface area contributed by atoms with E-state index in [2.05, 4.69) is 12.2 Å². The molecule has 1 saturated heterocycles. The Morgan fingerprint density at radius 3 is 2.91 bits per heavy atom. The first-order valence-corrected chi connectivity index (χ1v) is 8.96. The van der Waals surface area contributed by atoms with Crippen molar-refractivity contribution in [2.24, 2.45) is 11.8 Å². The van der Waals surface area contributed by atoms with E-state index in [9.17, 15) is 4.79 Å². The van der Waals surface area contributed by atoms with E-state index < -0.39 is 0 Å². The molecule has 0 bridgehead atoms. The molecule has 4 nitrogen and oxygen atoms in total. The quantitative estimate of drug-likeness (QED) is 0.919. The average Bonchev–Trinajstić information content (AvgIpc) is 2.59. The minimum atomic E-state index is -0.0775. The normalized spacial score (nSPS) is 21.7. The largest absolute Gasteiger partial charge is 0.492 e. The maximum atomic E-state index is 12.8. The molecule has 126 valence electrons. The molecule has 2 aliphatic rings. The van der Waals surface area contributed by atoms with Crippen LogP contribution in [-0.4, -0.2) is 43.6 Å². The lowest BCUT2D eigenvalue weighted by molar-refractivity contribution is -0.138. The number of piperidine rings is 1. The van der Waals surface area contributed by atoms with Crippen LogP contribution in [0.25, 0.3) is 0 Å². The Labute approximate surface area is 143 Å². The number of hydrogen-bond acceptors (Lipinski definition) is 3. The molecule has 0 aliphatic carbocycles. The fourth-order valence-corrected chi connectivity index (χ4v) is 3.68. The molecule has 1 aromatic rings. The SMILES string of the molecule is CCNCC1CCN(C(=O)C2COc3ccc(Cl)cc3C2)CC1. The number of likely N-dealkylation sites (tertiary alicyclic amines) is 1. The summed E-state index contributed by atoms with van der Waals surface area (Å²) in [5.41, 5.74) is 1.05. The molecule has 2 heterocycles. The topological polar surface area (TPSA) is 41.6 Å². The summed E-state index contributed by atoms with van der Waals surface area (Å²) < 4.78 is 5.76. The predicted octanol–water partition coefficient (Wildman–Crippen LogP) is 2.74. The molecule has 1 N–H and O–H groups in total. The molecule has 1 atom stereocenters. The van der Waals surface area contributed by atoms with Crippen LogP contribution in [0.5, 0.6) is 5.75 Å². The van der Waals surface area contributed by atoms with Crippen LogP contribution in [0.4, 0.5) is 0 Å². The second-order valence-electron chi connectivity index (χ2n) is 6.54. The van der Waals surface area contributed by atoms with Gasteiger partial charge in [-0.2, -0.15) is 0 Å². The van der Waals surface area contributed by atoms with E-state index in [0.29, 0.717) is 17.5 Å². The molecular weight excluding hydrogens is 312 g/mol. The highest BCUT2D eigenvalue weighted by Gasteiger charge is 2.31. The average molecular weight is 337 g/mol.